The number of halogens is 1. The summed E-state index contributed by atoms with van der Waals surface area (Å²) in [6, 6.07) is 1.33. The summed E-state index contributed by atoms with van der Waals surface area (Å²) in [7, 11) is 0. The van der Waals surface area contributed by atoms with Crippen molar-refractivity contribution in [2.45, 2.75) is 46.1 Å². The number of nitrogen functional groups attached to an aromatic ring is 1. The van der Waals surface area contributed by atoms with E-state index < -0.39 is 11.9 Å². The molecule has 3 aromatic rings. The summed E-state index contributed by atoms with van der Waals surface area (Å²) < 4.78 is 0. The molecule has 0 radical (unpaired) electrons. The summed E-state index contributed by atoms with van der Waals surface area (Å²) in [4.78, 5) is 37.4. The average Bonchev–Trinajstić information content (AvgIpc) is 3.21. The van der Waals surface area contributed by atoms with E-state index in [4.69, 9.17) is 17.3 Å². The van der Waals surface area contributed by atoms with Crippen LogP contribution in [0.5, 0.6) is 0 Å². The van der Waals surface area contributed by atoms with E-state index in [1.807, 2.05) is 13.0 Å². The molecule has 0 aliphatic carbocycles. The fourth-order valence-electron chi connectivity index (χ4n) is 2.91. The predicted octanol–water partition coefficient (Wildman–Crippen LogP) is 3.31. The number of rotatable bonds is 5. The number of thiazole rings is 1. The number of nitrogens with one attached hydrogen (secondary N) is 2. The molecule has 0 bridgehead atoms. The second kappa shape index (κ2) is 9.13. The Morgan fingerprint density at radius 2 is 1.88 bits per heavy atom. The van der Waals surface area contributed by atoms with Crippen LogP contribution in [0, 0.1) is 6.92 Å². The van der Waals surface area contributed by atoms with Gasteiger partial charge in [0.2, 0.25) is 0 Å². The fraction of sp³-hybridized carbons (Fsp3) is 0.350. The third-order valence-electron chi connectivity index (χ3n) is 4.53. The Morgan fingerprint density at radius 3 is 2.56 bits per heavy atom. The van der Waals surface area contributed by atoms with Gasteiger partial charge in [-0.25, -0.2) is 15.0 Å². The van der Waals surface area contributed by atoms with Gasteiger partial charge in [-0.05, 0) is 30.9 Å². The van der Waals surface area contributed by atoms with E-state index in [0.717, 1.165) is 28.9 Å². The quantitative estimate of drug-likeness (QED) is 0.509. The second-order valence-electron chi connectivity index (χ2n) is 8.11. The number of nitrogens with two attached hydrogens (primary N) is 1. The molecule has 0 spiro atoms. The SMILES string of the molecule is Cc1nnc(NC(=O)c2cnc(C(C)NC(=O)c3ncnc(N)c3Cl)s2)cc1C(C)(C)C. The average molecular weight is 475 g/mol. The van der Waals surface area contributed by atoms with Crippen molar-refractivity contribution in [3.05, 3.63) is 50.4 Å². The van der Waals surface area contributed by atoms with Crippen LogP contribution < -0.4 is 16.4 Å². The van der Waals surface area contributed by atoms with Crippen LogP contribution in [0.25, 0.3) is 0 Å². The number of aryl methyl sites for hydroxylation is 1. The Morgan fingerprint density at radius 1 is 1.16 bits per heavy atom. The van der Waals surface area contributed by atoms with Crippen molar-refractivity contribution in [1.29, 1.82) is 0 Å². The maximum atomic E-state index is 12.7. The van der Waals surface area contributed by atoms with Crippen molar-refractivity contribution in [3.8, 4) is 0 Å². The first-order chi connectivity index (χ1) is 15.0. The summed E-state index contributed by atoms with van der Waals surface area (Å²) in [6.45, 7) is 9.82. The predicted molar refractivity (Wildman–Crippen MR) is 123 cm³/mol. The molecule has 0 saturated carbocycles. The smallest absolute Gasteiger partial charge is 0.272 e. The van der Waals surface area contributed by atoms with Gasteiger partial charge in [0.05, 0.1) is 17.9 Å². The molecular weight excluding hydrogens is 452 g/mol. The number of hydrogen-bond acceptors (Lipinski definition) is 9. The molecule has 0 aliphatic heterocycles. The molecule has 32 heavy (non-hydrogen) atoms. The van der Waals surface area contributed by atoms with Crippen molar-refractivity contribution in [1.82, 2.24) is 30.5 Å². The van der Waals surface area contributed by atoms with Crippen LogP contribution in [0.4, 0.5) is 11.6 Å². The van der Waals surface area contributed by atoms with Crippen LogP contribution in [-0.2, 0) is 5.41 Å². The minimum atomic E-state index is -0.526. The number of nitrogens with zero attached hydrogens (tertiary/aromatic N) is 5. The zero-order chi connectivity index (χ0) is 23.6. The molecule has 4 N–H and O–H groups in total. The lowest BCUT2D eigenvalue weighted by atomic mass is 9.86. The third-order valence-corrected chi connectivity index (χ3v) is 6.08. The van der Waals surface area contributed by atoms with Crippen LogP contribution in [0.1, 0.15) is 70.2 Å². The standard InChI is InChI=1S/C20H23ClN8O2S/c1-9-11(20(3,4)5)6-13(29-28-9)27-17(30)12-7-23-19(32-12)10(2)26-18(31)15-14(21)16(22)25-8-24-15/h6-8,10H,1-5H3,(H,26,31)(H2,22,24,25)(H,27,29,30). The molecule has 1 atom stereocenters. The monoisotopic (exact) mass is 474 g/mol. The van der Waals surface area contributed by atoms with Gasteiger partial charge in [-0.3, -0.25) is 9.59 Å². The van der Waals surface area contributed by atoms with E-state index in [0.29, 0.717) is 15.7 Å². The van der Waals surface area contributed by atoms with E-state index in [9.17, 15) is 9.59 Å². The molecule has 3 heterocycles. The maximum Gasteiger partial charge on any atom is 0.272 e. The summed E-state index contributed by atoms with van der Waals surface area (Å²) in [5.74, 6) is -0.515. The topological polar surface area (TPSA) is 149 Å². The Hall–Kier alpha value is -3.18. The number of anilines is 2. The molecule has 1 unspecified atom stereocenters. The minimum absolute atomic E-state index is 0.0153. The first kappa shape index (κ1) is 23.5. The van der Waals surface area contributed by atoms with Crippen molar-refractivity contribution in [2.24, 2.45) is 0 Å². The van der Waals surface area contributed by atoms with Crippen molar-refractivity contribution in [3.63, 3.8) is 0 Å². The minimum Gasteiger partial charge on any atom is -0.382 e. The first-order valence-electron chi connectivity index (χ1n) is 9.66. The fourth-order valence-corrected chi connectivity index (χ4v) is 3.91. The van der Waals surface area contributed by atoms with Crippen LogP contribution >= 0.6 is 22.9 Å². The van der Waals surface area contributed by atoms with Crippen LogP contribution in [0.15, 0.2) is 18.6 Å². The van der Waals surface area contributed by atoms with Gasteiger partial charge in [-0.1, -0.05) is 32.4 Å². The molecule has 10 nitrogen and oxygen atoms in total. The van der Waals surface area contributed by atoms with Gasteiger partial charge in [0.25, 0.3) is 11.8 Å². The van der Waals surface area contributed by atoms with Crippen molar-refractivity contribution < 1.29 is 9.59 Å². The molecule has 0 fully saturated rings. The number of carbonyl (C=O) groups is 2. The molecule has 0 saturated heterocycles. The zero-order valence-electron chi connectivity index (χ0n) is 18.2. The van der Waals surface area contributed by atoms with Crippen molar-refractivity contribution in [2.75, 3.05) is 11.1 Å². The highest BCUT2D eigenvalue weighted by Crippen LogP contribution is 2.27. The second-order valence-corrected chi connectivity index (χ2v) is 9.55. The summed E-state index contributed by atoms with van der Waals surface area (Å²) in [5, 5.41) is 14.2. The summed E-state index contributed by atoms with van der Waals surface area (Å²) >= 11 is 7.15. The highest BCUT2D eigenvalue weighted by molar-refractivity contribution is 7.13. The molecular formula is C20H23ClN8O2S. The van der Waals surface area contributed by atoms with Gasteiger partial charge in [-0.15, -0.1) is 16.4 Å². The third kappa shape index (κ3) is 5.17. The molecule has 0 aromatic carbocycles. The Bertz CT molecular complexity index is 1170. The molecule has 2 amide bonds. The van der Waals surface area contributed by atoms with E-state index in [2.05, 4.69) is 56.6 Å². The number of aromatic nitrogens is 5. The Kier molecular flexibility index (Phi) is 6.70. The van der Waals surface area contributed by atoms with Gasteiger partial charge in [0, 0.05) is 0 Å². The molecule has 3 aromatic heterocycles. The summed E-state index contributed by atoms with van der Waals surface area (Å²) in [5.41, 5.74) is 7.25. The molecule has 168 valence electrons. The Balaban J connectivity index is 1.70. The van der Waals surface area contributed by atoms with Gasteiger partial charge in [0.1, 0.15) is 27.1 Å². The number of hydrogen-bond donors (Lipinski definition) is 3. The largest absolute Gasteiger partial charge is 0.382 e. The number of carbonyl (C=O) groups excluding carboxylic acids is 2. The maximum absolute atomic E-state index is 12.7. The molecule has 3 rings (SSSR count). The van der Waals surface area contributed by atoms with E-state index in [1.54, 1.807) is 6.92 Å². The normalized spacial score (nSPS) is 12.3. The highest BCUT2D eigenvalue weighted by Gasteiger charge is 2.22. The zero-order valence-corrected chi connectivity index (χ0v) is 19.8. The lowest BCUT2D eigenvalue weighted by molar-refractivity contribution is 0.0934. The molecule has 12 heteroatoms. The summed E-state index contributed by atoms with van der Waals surface area (Å²) in [6.07, 6.45) is 2.60. The van der Waals surface area contributed by atoms with Crippen molar-refractivity contribution >= 4 is 46.4 Å². The first-order valence-corrected chi connectivity index (χ1v) is 10.9. The lowest BCUT2D eigenvalue weighted by Crippen LogP contribution is -2.28. The van der Waals surface area contributed by atoms with Crippen LogP contribution in [0.2, 0.25) is 5.02 Å². The van der Waals surface area contributed by atoms with Crippen LogP contribution in [0.3, 0.4) is 0 Å². The van der Waals surface area contributed by atoms with Gasteiger partial charge < -0.3 is 16.4 Å². The number of amides is 2. The van der Waals surface area contributed by atoms with Crippen LogP contribution in [-0.4, -0.2) is 37.0 Å². The Labute approximate surface area is 194 Å². The van der Waals surface area contributed by atoms with Gasteiger partial charge in [0.15, 0.2) is 11.5 Å². The van der Waals surface area contributed by atoms with Gasteiger partial charge in [-0.2, -0.15) is 5.10 Å². The molecule has 0 aliphatic rings. The lowest BCUT2D eigenvalue weighted by Gasteiger charge is -2.21. The van der Waals surface area contributed by atoms with E-state index in [1.165, 1.54) is 6.20 Å². The highest BCUT2D eigenvalue weighted by atomic mass is 35.5. The van der Waals surface area contributed by atoms with E-state index >= 15 is 0 Å². The van der Waals surface area contributed by atoms with E-state index in [-0.39, 0.29) is 27.9 Å². The van der Waals surface area contributed by atoms with Gasteiger partial charge >= 0.3 is 0 Å².